The summed E-state index contributed by atoms with van der Waals surface area (Å²) in [7, 11) is 0. The van der Waals surface area contributed by atoms with Crippen molar-refractivity contribution in [3.05, 3.63) is 63.4 Å². The Balaban J connectivity index is 1.94. The standard InChI is InChI=1S/C22H19Cl2N3O/c1-22(2)10-18-20(19(28)11-22)21(14-6-4-12(23)8-15(14)24)27-17-9-13(25-3)5-7-16(17)26-18/h4-9,18,20,26H,10-11H2,1-2H3. The van der Waals surface area contributed by atoms with Crippen LogP contribution in [0.4, 0.5) is 17.1 Å². The first kappa shape index (κ1) is 19.0. The van der Waals surface area contributed by atoms with E-state index in [4.69, 9.17) is 34.8 Å². The Hall–Kier alpha value is -2.35. The molecule has 1 N–H and O–H groups in total. The van der Waals surface area contributed by atoms with E-state index < -0.39 is 5.92 Å². The molecule has 2 aromatic rings. The van der Waals surface area contributed by atoms with Crippen LogP contribution in [0.5, 0.6) is 0 Å². The van der Waals surface area contributed by atoms with Crippen molar-refractivity contribution >= 4 is 51.8 Å². The molecule has 0 amide bonds. The monoisotopic (exact) mass is 411 g/mol. The Morgan fingerprint density at radius 2 is 2.00 bits per heavy atom. The van der Waals surface area contributed by atoms with Gasteiger partial charge in [-0.05, 0) is 36.1 Å². The Labute approximate surface area is 174 Å². The van der Waals surface area contributed by atoms with Gasteiger partial charge in [-0.2, -0.15) is 0 Å². The fraction of sp³-hybridized carbons (Fsp3) is 0.318. The van der Waals surface area contributed by atoms with E-state index in [1.807, 2.05) is 12.1 Å². The van der Waals surface area contributed by atoms with Crippen LogP contribution in [-0.4, -0.2) is 17.5 Å². The average molecular weight is 412 g/mol. The summed E-state index contributed by atoms with van der Waals surface area (Å²) in [6, 6.07) is 10.5. The predicted octanol–water partition coefficient (Wildman–Crippen LogP) is 6.46. The molecule has 6 heteroatoms. The molecule has 1 heterocycles. The van der Waals surface area contributed by atoms with Crippen molar-refractivity contribution in [2.75, 3.05) is 5.32 Å². The van der Waals surface area contributed by atoms with Gasteiger partial charge in [0.05, 0.1) is 34.6 Å². The van der Waals surface area contributed by atoms with Gasteiger partial charge in [0.2, 0.25) is 0 Å². The lowest BCUT2D eigenvalue weighted by atomic mass is 9.67. The van der Waals surface area contributed by atoms with Crippen LogP contribution in [0.2, 0.25) is 10.0 Å². The van der Waals surface area contributed by atoms with E-state index in [-0.39, 0.29) is 17.2 Å². The molecule has 4 nitrogen and oxygen atoms in total. The average Bonchev–Trinajstić information content (AvgIpc) is 2.76. The molecular formula is C22H19Cl2N3O. The summed E-state index contributed by atoms with van der Waals surface area (Å²) in [5.41, 5.74) is 3.23. The number of halogens is 2. The summed E-state index contributed by atoms with van der Waals surface area (Å²) in [6.07, 6.45) is 1.32. The molecular weight excluding hydrogens is 393 g/mol. The van der Waals surface area contributed by atoms with Gasteiger partial charge < -0.3 is 5.32 Å². The number of fused-ring (bicyclic) bond motifs is 2. The number of rotatable bonds is 1. The number of ketones is 1. The molecule has 2 aliphatic rings. The lowest BCUT2D eigenvalue weighted by Gasteiger charge is -2.40. The van der Waals surface area contributed by atoms with Crippen LogP contribution in [0.3, 0.4) is 0 Å². The van der Waals surface area contributed by atoms with Crippen molar-refractivity contribution < 1.29 is 4.79 Å². The number of nitrogens with zero attached hydrogens (tertiary/aromatic N) is 2. The van der Waals surface area contributed by atoms with Crippen LogP contribution in [0, 0.1) is 17.9 Å². The molecule has 28 heavy (non-hydrogen) atoms. The van der Waals surface area contributed by atoms with E-state index in [2.05, 4.69) is 24.0 Å². The second-order valence-electron chi connectivity index (χ2n) is 8.17. The minimum atomic E-state index is -0.407. The summed E-state index contributed by atoms with van der Waals surface area (Å²) >= 11 is 12.6. The molecule has 1 saturated carbocycles. The fourth-order valence-corrected chi connectivity index (χ4v) is 4.70. The van der Waals surface area contributed by atoms with Crippen LogP contribution in [0.15, 0.2) is 41.4 Å². The summed E-state index contributed by atoms with van der Waals surface area (Å²) in [5.74, 6) is -0.257. The predicted molar refractivity (Wildman–Crippen MR) is 114 cm³/mol. The summed E-state index contributed by atoms with van der Waals surface area (Å²) in [5, 5.41) is 4.52. The largest absolute Gasteiger partial charge is 0.380 e. The lowest BCUT2D eigenvalue weighted by molar-refractivity contribution is -0.125. The second-order valence-corrected chi connectivity index (χ2v) is 9.02. The number of benzene rings is 2. The van der Waals surface area contributed by atoms with E-state index in [1.54, 1.807) is 24.3 Å². The Morgan fingerprint density at radius 1 is 1.21 bits per heavy atom. The number of hydrogen-bond donors (Lipinski definition) is 1. The number of carbonyl (C=O) groups excluding carboxylic acids is 1. The van der Waals surface area contributed by atoms with Gasteiger partial charge in [-0.3, -0.25) is 9.79 Å². The number of hydrogen-bond acceptors (Lipinski definition) is 3. The molecule has 142 valence electrons. The first-order valence-corrected chi connectivity index (χ1v) is 9.88. The molecule has 2 atom stereocenters. The van der Waals surface area contributed by atoms with Crippen LogP contribution in [0.25, 0.3) is 4.85 Å². The van der Waals surface area contributed by atoms with Crippen LogP contribution < -0.4 is 5.32 Å². The number of carbonyl (C=O) groups is 1. The van der Waals surface area contributed by atoms with E-state index in [1.165, 1.54) is 0 Å². The van der Waals surface area contributed by atoms with Gasteiger partial charge in [0.1, 0.15) is 5.78 Å². The van der Waals surface area contributed by atoms with Crippen molar-refractivity contribution in [1.82, 2.24) is 0 Å². The van der Waals surface area contributed by atoms with Crippen molar-refractivity contribution in [3.63, 3.8) is 0 Å². The molecule has 0 aromatic heterocycles. The van der Waals surface area contributed by atoms with Crippen molar-refractivity contribution in [2.24, 2.45) is 16.3 Å². The zero-order valence-electron chi connectivity index (χ0n) is 15.6. The molecule has 2 aromatic carbocycles. The fourth-order valence-electron chi connectivity index (χ4n) is 4.20. The Kier molecular flexibility index (Phi) is 4.69. The topological polar surface area (TPSA) is 45.8 Å². The molecule has 1 fully saturated rings. The number of aliphatic imine (C=N–C) groups is 1. The molecule has 4 rings (SSSR count). The van der Waals surface area contributed by atoms with Crippen LogP contribution in [0.1, 0.15) is 32.3 Å². The SMILES string of the molecule is [C-]#[N+]c1ccc2c(c1)N=C(c1ccc(Cl)cc1Cl)C1C(=O)CC(C)(C)CC1N2. The maximum Gasteiger partial charge on any atom is 0.189 e. The number of nitrogens with one attached hydrogen (secondary N) is 1. The van der Waals surface area contributed by atoms with Gasteiger partial charge >= 0.3 is 0 Å². The molecule has 1 aliphatic heterocycles. The first-order valence-electron chi connectivity index (χ1n) is 9.12. The van der Waals surface area contributed by atoms with E-state index in [9.17, 15) is 4.79 Å². The number of anilines is 1. The molecule has 0 radical (unpaired) electrons. The molecule has 0 saturated heterocycles. The van der Waals surface area contributed by atoms with Gasteiger partial charge in [-0.25, -0.2) is 4.85 Å². The lowest BCUT2D eigenvalue weighted by Crippen LogP contribution is -2.48. The molecule has 2 unspecified atom stereocenters. The third kappa shape index (κ3) is 3.41. The van der Waals surface area contributed by atoms with E-state index in [0.29, 0.717) is 39.1 Å². The minimum Gasteiger partial charge on any atom is -0.380 e. The molecule has 1 aliphatic carbocycles. The Bertz CT molecular complexity index is 1050. The Morgan fingerprint density at radius 3 is 2.71 bits per heavy atom. The first-order chi connectivity index (χ1) is 13.3. The summed E-state index contributed by atoms with van der Waals surface area (Å²) in [6.45, 7) is 11.5. The van der Waals surface area contributed by atoms with E-state index in [0.717, 1.165) is 12.1 Å². The van der Waals surface area contributed by atoms with Gasteiger partial charge in [0.15, 0.2) is 5.69 Å². The highest BCUT2D eigenvalue weighted by Crippen LogP contribution is 2.44. The third-order valence-electron chi connectivity index (χ3n) is 5.37. The highest BCUT2D eigenvalue weighted by molar-refractivity contribution is 6.37. The van der Waals surface area contributed by atoms with Crippen molar-refractivity contribution in [3.8, 4) is 0 Å². The highest BCUT2D eigenvalue weighted by Gasteiger charge is 2.45. The number of Topliss-reactive ketones (excluding diaryl/α,β-unsaturated/α-hetero) is 1. The van der Waals surface area contributed by atoms with Crippen molar-refractivity contribution in [2.45, 2.75) is 32.7 Å². The minimum absolute atomic E-state index is 0.0956. The normalized spacial score (nSPS) is 22.8. The van der Waals surface area contributed by atoms with Crippen LogP contribution >= 0.6 is 23.2 Å². The van der Waals surface area contributed by atoms with E-state index >= 15 is 0 Å². The van der Waals surface area contributed by atoms with Crippen molar-refractivity contribution in [1.29, 1.82) is 0 Å². The molecule has 0 bridgehead atoms. The second kappa shape index (κ2) is 6.92. The third-order valence-corrected chi connectivity index (χ3v) is 5.92. The quantitative estimate of drug-likeness (QED) is 0.546. The smallest absolute Gasteiger partial charge is 0.189 e. The van der Waals surface area contributed by atoms with Gasteiger partial charge in [0, 0.05) is 23.0 Å². The maximum atomic E-state index is 13.2. The van der Waals surface area contributed by atoms with Gasteiger partial charge in [-0.1, -0.05) is 49.2 Å². The van der Waals surface area contributed by atoms with Gasteiger partial charge in [-0.15, -0.1) is 0 Å². The van der Waals surface area contributed by atoms with Gasteiger partial charge in [0.25, 0.3) is 0 Å². The zero-order chi connectivity index (χ0) is 20.1. The summed E-state index contributed by atoms with van der Waals surface area (Å²) < 4.78 is 0. The summed E-state index contributed by atoms with van der Waals surface area (Å²) in [4.78, 5) is 21.6. The van der Waals surface area contributed by atoms with Crippen LogP contribution in [-0.2, 0) is 4.79 Å². The highest BCUT2D eigenvalue weighted by atomic mass is 35.5. The zero-order valence-corrected chi connectivity index (χ0v) is 17.1. The maximum absolute atomic E-state index is 13.2. The molecule has 0 spiro atoms.